The number of hydrogen-bond donors (Lipinski definition) is 1. The number of phenols is 1. The van der Waals surface area contributed by atoms with E-state index in [9.17, 15) is 9.90 Å². The first-order valence-electron chi connectivity index (χ1n) is 8.76. The van der Waals surface area contributed by atoms with Gasteiger partial charge in [0.25, 0.3) is 0 Å². The molecular formula is C21H17N3O4. The molecular weight excluding hydrogens is 358 g/mol. The second-order valence-electron chi connectivity index (χ2n) is 6.07. The number of furan rings is 1. The van der Waals surface area contributed by atoms with Gasteiger partial charge in [0.05, 0.1) is 6.61 Å². The molecule has 4 aromatic rings. The number of carbonyl (C=O) groups excluding carboxylic acids is 1. The summed E-state index contributed by atoms with van der Waals surface area (Å²) in [5.41, 5.74) is 1.11. The quantitative estimate of drug-likeness (QED) is 0.421. The highest BCUT2D eigenvalue weighted by atomic mass is 16.5. The predicted octanol–water partition coefficient (Wildman–Crippen LogP) is 4.32. The van der Waals surface area contributed by atoms with Gasteiger partial charge in [-0.15, -0.1) is 0 Å². The van der Waals surface area contributed by atoms with Crippen LogP contribution < -0.4 is 0 Å². The molecule has 7 nitrogen and oxygen atoms in total. The summed E-state index contributed by atoms with van der Waals surface area (Å²) >= 11 is 0. The van der Waals surface area contributed by atoms with E-state index in [2.05, 4.69) is 15.0 Å². The lowest BCUT2D eigenvalue weighted by Crippen LogP contribution is -2.06. The zero-order valence-electron chi connectivity index (χ0n) is 15.3. The Hall–Kier alpha value is -3.74. The number of ether oxygens (including phenoxy) is 1. The minimum absolute atomic E-state index is 0.00544. The monoisotopic (exact) mass is 375 g/mol. The van der Waals surface area contributed by atoms with Gasteiger partial charge >= 0.3 is 5.97 Å². The summed E-state index contributed by atoms with van der Waals surface area (Å²) in [6, 6.07) is 8.95. The number of hydrogen-bond acceptors (Lipinski definition) is 7. The molecule has 2 aromatic heterocycles. The van der Waals surface area contributed by atoms with E-state index in [-0.39, 0.29) is 23.9 Å². The average Bonchev–Trinajstić information content (AvgIpc) is 3.06. The standard InChI is InChI=1S/C21H17N3O4/c1-3-27-20(26)16-12(2)28-19-14-8-5-4-7-13(14)18(25)15(17(16)19)11-24-21-22-9-6-10-23-21/h4-11,25H,3H2,1-2H3. The van der Waals surface area contributed by atoms with Crippen molar-refractivity contribution in [2.45, 2.75) is 13.8 Å². The number of aryl methyl sites for hydroxylation is 1. The van der Waals surface area contributed by atoms with E-state index < -0.39 is 5.97 Å². The van der Waals surface area contributed by atoms with Crippen molar-refractivity contribution in [1.29, 1.82) is 0 Å². The van der Waals surface area contributed by atoms with Crippen LogP contribution in [0.1, 0.15) is 28.6 Å². The molecule has 7 heteroatoms. The number of aromatic nitrogens is 2. The lowest BCUT2D eigenvalue weighted by molar-refractivity contribution is 0.0526. The summed E-state index contributed by atoms with van der Waals surface area (Å²) in [7, 11) is 0. The molecule has 0 saturated carbocycles. The fourth-order valence-corrected chi connectivity index (χ4v) is 3.20. The summed E-state index contributed by atoms with van der Waals surface area (Å²) in [5.74, 6) is 0.129. The molecule has 0 atom stereocenters. The number of benzene rings is 2. The number of phenolic OH excluding ortho intramolecular Hbond substituents is 1. The molecule has 140 valence electrons. The van der Waals surface area contributed by atoms with Gasteiger partial charge in [0.1, 0.15) is 22.7 Å². The van der Waals surface area contributed by atoms with Gasteiger partial charge in [-0.25, -0.2) is 19.8 Å². The third-order valence-electron chi connectivity index (χ3n) is 4.38. The zero-order chi connectivity index (χ0) is 19.7. The Kier molecular flexibility index (Phi) is 4.49. The number of rotatable bonds is 4. The van der Waals surface area contributed by atoms with Crippen molar-refractivity contribution in [3.8, 4) is 5.75 Å². The normalized spacial score (nSPS) is 11.5. The molecule has 0 fully saturated rings. The largest absolute Gasteiger partial charge is 0.507 e. The van der Waals surface area contributed by atoms with Gasteiger partial charge in [-0.1, -0.05) is 24.3 Å². The summed E-state index contributed by atoms with van der Waals surface area (Å²) in [4.78, 5) is 24.9. The lowest BCUT2D eigenvalue weighted by Gasteiger charge is -2.08. The Morgan fingerprint density at radius 1 is 1.21 bits per heavy atom. The van der Waals surface area contributed by atoms with E-state index in [1.165, 1.54) is 6.21 Å². The topological polar surface area (TPSA) is 97.8 Å². The van der Waals surface area contributed by atoms with Gasteiger partial charge in [0, 0.05) is 40.3 Å². The van der Waals surface area contributed by atoms with Crippen molar-refractivity contribution >= 4 is 39.9 Å². The van der Waals surface area contributed by atoms with Crippen LogP contribution in [0.15, 0.2) is 52.1 Å². The van der Waals surface area contributed by atoms with Crippen LogP contribution in [0.2, 0.25) is 0 Å². The van der Waals surface area contributed by atoms with Gasteiger partial charge in [-0.2, -0.15) is 0 Å². The van der Waals surface area contributed by atoms with Crippen molar-refractivity contribution in [3.05, 3.63) is 59.6 Å². The van der Waals surface area contributed by atoms with Crippen molar-refractivity contribution in [2.24, 2.45) is 4.99 Å². The fraction of sp³-hybridized carbons (Fsp3) is 0.143. The highest BCUT2D eigenvalue weighted by Crippen LogP contribution is 2.40. The number of esters is 1. The van der Waals surface area contributed by atoms with Crippen LogP contribution in [0.3, 0.4) is 0 Å². The number of aliphatic imine (C=N–C) groups is 1. The molecule has 2 aromatic carbocycles. The van der Waals surface area contributed by atoms with Crippen molar-refractivity contribution in [3.63, 3.8) is 0 Å². The molecule has 2 heterocycles. The third kappa shape index (κ3) is 2.87. The molecule has 28 heavy (non-hydrogen) atoms. The molecule has 0 radical (unpaired) electrons. The first kappa shape index (κ1) is 17.7. The molecule has 1 N–H and O–H groups in total. The molecule has 0 unspecified atom stereocenters. The summed E-state index contributed by atoms with van der Waals surface area (Å²) in [6.45, 7) is 3.66. The van der Waals surface area contributed by atoms with E-state index in [0.717, 1.165) is 0 Å². The maximum atomic E-state index is 12.6. The Labute approximate surface area is 160 Å². The second-order valence-corrected chi connectivity index (χ2v) is 6.07. The van der Waals surface area contributed by atoms with Crippen LogP contribution in [0.4, 0.5) is 5.95 Å². The molecule has 4 rings (SSSR count). The van der Waals surface area contributed by atoms with Crippen LogP contribution in [0.25, 0.3) is 21.7 Å². The van der Waals surface area contributed by atoms with Crippen LogP contribution in [0, 0.1) is 6.92 Å². The maximum Gasteiger partial charge on any atom is 0.342 e. The molecule has 0 aliphatic rings. The van der Waals surface area contributed by atoms with Crippen molar-refractivity contribution < 1.29 is 19.1 Å². The van der Waals surface area contributed by atoms with E-state index in [1.54, 1.807) is 38.4 Å². The number of nitrogens with zero attached hydrogens (tertiary/aromatic N) is 3. The van der Waals surface area contributed by atoms with E-state index in [4.69, 9.17) is 9.15 Å². The maximum absolute atomic E-state index is 12.6. The van der Waals surface area contributed by atoms with Gasteiger partial charge in [-0.3, -0.25) is 0 Å². The first-order valence-corrected chi connectivity index (χ1v) is 8.76. The van der Waals surface area contributed by atoms with E-state index in [1.807, 2.05) is 18.2 Å². The number of aromatic hydroxyl groups is 1. The minimum Gasteiger partial charge on any atom is -0.507 e. The molecule has 0 saturated heterocycles. The van der Waals surface area contributed by atoms with Gasteiger partial charge < -0.3 is 14.3 Å². The molecule has 0 spiro atoms. The van der Waals surface area contributed by atoms with E-state index >= 15 is 0 Å². The molecule has 0 aliphatic heterocycles. The second kappa shape index (κ2) is 7.11. The van der Waals surface area contributed by atoms with Crippen LogP contribution in [0.5, 0.6) is 5.75 Å². The van der Waals surface area contributed by atoms with Crippen molar-refractivity contribution in [1.82, 2.24) is 9.97 Å². The molecule has 0 bridgehead atoms. The molecule has 0 amide bonds. The fourth-order valence-electron chi connectivity index (χ4n) is 3.20. The third-order valence-corrected chi connectivity index (χ3v) is 4.38. The van der Waals surface area contributed by atoms with Gasteiger partial charge in [-0.05, 0) is 19.9 Å². The van der Waals surface area contributed by atoms with Crippen molar-refractivity contribution in [2.75, 3.05) is 6.61 Å². The van der Waals surface area contributed by atoms with Crippen LogP contribution >= 0.6 is 0 Å². The Morgan fingerprint density at radius 2 is 1.93 bits per heavy atom. The SMILES string of the molecule is CCOC(=O)c1c(C)oc2c1c(C=Nc1ncccn1)c(O)c1ccccc12. The Morgan fingerprint density at radius 3 is 2.64 bits per heavy atom. The highest BCUT2D eigenvalue weighted by molar-refractivity contribution is 6.21. The van der Waals surface area contributed by atoms with Crippen LogP contribution in [-0.2, 0) is 4.74 Å². The first-order chi connectivity index (χ1) is 13.6. The zero-order valence-corrected chi connectivity index (χ0v) is 15.3. The summed E-state index contributed by atoms with van der Waals surface area (Å²) in [5, 5.41) is 12.7. The summed E-state index contributed by atoms with van der Waals surface area (Å²) in [6.07, 6.45) is 4.58. The Balaban J connectivity index is 2.06. The van der Waals surface area contributed by atoms with Crippen LogP contribution in [-0.4, -0.2) is 33.9 Å². The van der Waals surface area contributed by atoms with Gasteiger partial charge in [0.15, 0.2) is 0 Å². The Bertz CT molecular complexity index is 1210. The predicted molar refractivity (Wildman–Crippen MR) is 105 cm³/mol. The number of fused-ring (bicyclic) bond motifs is 3. The lowest BCUT2D eigenvalue weighted by atomic mass is 9.98. The average molecular weight is 375 g/mol. The number of carbonyl (C=O) groups is 1. The minimum atomic E-state index is -0.515. The smallest absolute Gasteiger partial charge is 0.342 e. The molecule has 0 aliphatic carbocycles. The van der Waals surface area contributed by atoms with Gasteiger partial charge in [0.2, 0.25) is 5.95 Å². The highest BCUT2D eigenvalue weighted by Gasteiger charge is 2.25. The van der Waals surface area contributed by atoms with E-state index in [0.29, 0.717) is 33.1 Å². The summed E-state index contributed by atoms with van der Waals surface area (Å²) < 4.78 is 11.1.